The smallest absolute Gasteiger partial charge is 0.319 e. The Balaban J connectivity index is 1.46. The van der Waals surface area contributed by atoms with Crippen molar-refractivity contribution in [1.29, 1.82) is 5.26 Å². The zero-order chi connectivity index (χ0) is 30.2. The van der Waals surface area contributed by atoms with Crippen LogP contribution in [0.15, 0.2) is 48.1 Å². The van der Waals surface area contributed by atoms with Crippen LogP contribution < -0.4 is 9.64 Å². The molecule has 12 heteroatoms. The van der Waals surface area contributed by atoms with Crippen molar-refractivity contribution in [2.24, 2.45) is 0 Å². The predicted octanol–water partition coefficient (Wildman–Crippen LogP) is 5.68. The molecule has 222 valence electrons. The Morgan fingerprint density at radius 3 is 2.79 bits per heavy atom. The van der Waals surface area contributed by atoms with Crippen LogP contribution in [0.4, 0.5) is 19.0 Å². The topological polar surface area (TPSA) is 85.6 Å². The zero-order valence-electron chi connectivity index (χ0n) is 23.5. The third-order valence-electron chi connectivity index (χ3n) is 8.27. The molecule has 2 aliphatic rings. The highest BCUT2D eigenvalue weighted by Crippen LogP contribution is 2.40. The molecule has 2 fully saturated rings. The summed E-state index contributed by atoms with van der Waals surface area (Å²) in [6.45, 7) is 4.67. The number of aromatic nitrogens is 2. The number of anilines is 1. The lowest BCUT2D eigenvalue weighted by Crippen LogP contribution is -2.55. The number of hydrogen-bond acceptors (Lipinski definition) is 8. The number of benzene rings is 2. The number of likely N-dealkylation sites (tertiary alicyclic amines) is 1. The van der Waals surface area contributed by atoms with Crippen molar-refractivity contribution in [2.45, 2.75) is 31.3 Å². The van der Waals surface area contributed by atoms with E-state index in [1.165, 1.54) is 22.3 Å². The fourth-order valence-corrected chi connectivity index (χ4v) is 6.93. The number of fused-ring (bicyclic) bond motifs is 2. The second kappa shape index (κ2) is 11.8. The van der Waals surface area contributed by atoms with Crippen molar-refractivity contribution >= 4 is 44.1 Å². The molecular formula is C31H29F3N6O2S. The first-order chi connectivity index (χ1) is 20.8. The number of nitrogens with zero attached hydrogens (tertiary/aromatic N) is 6. The van der Waals surface area contributed by atoms with Crippen LogP contribution in [0.1, 0.15) is 19.3 Å². The molecule has 6 rings (SSSR count). The Morgan fingerprint density at radius 2 is 2.05 bits per heavy atom. The van der Waals surface area contributed by atoms with Gasteiger partial charge in [0.25, 0.3) is 5.91 Å². The second-order valence-corrected chi connectivity index (χ2v) is 11.8. The summed E-state index contributed by atoms with van der Waals surface area (Å²) >= 11 is 1.40. The summed E-state index contributed by atoms with van der Waals surface area (Å²) < 4.78 is 52.9. The van der Waals surface area contributed by atoms with Gasteiger partial charge in [0.15, 0.2) is 11.6 Å². The molecule has 0 radical (unpaired) electrons. The van der Waals surface area contributed by atoms with Crippen LogP contribution >= 0.6 is 11.3 Å². The van der Waals surface area contributed by atoms with E-state index in [0.717, 1.165) is 29.5 Å². The molecule has 2 aromatic carbocycles. The molecule has 4 aromatic rings. The normalized spacial score (nSPS) is 19.2. The lowest BCUT2D eigenvalue weighted by molar-refractivity contribution is -0.131. The molecule has 2 saturated heterocycles. The largest absolute Gasteiger partial charge is 0.462 e. The molecule has 0 unspecified atom stereocenters. The fraction of sp³-hybridized carbons (Fsp3) is 0.355. The molecule has 0 spiro atoms. The number of carbonyl (C=O) groups excluding carboxylic acids is 1. The zero-order valence-corrected chi connectivity index (χ0v) is 24.3. The quantitative estimate of drug-likeness (QED) is 0.251. The fourth-order valence-electron chi connectivity index (χ4n) is 6.01. The van der Waals surface area contributed by atoms with Crippen molar-refractivity contribution in [1.82, 2.24) is 19.8 Å². The molecule has 43 heavy (non-hydrogen) atoms. The number of nitriles is 1. The number of likely N-dealkylation sites (N-methyl/N-ethyl adjacent to an activating group) is 1. The SMILES string of the molecule is C=C(F)C(=O)N1CCN(c2nc(OC[C@@H]3CCCN3C)nc3c(F)c(-c4cccc5ccsc45)c(F)cc23)C[C@@H]1CC#N. The van der Waals surface area contributed by atoms with Gasteiger partial charge in [0.05, 0.1) is 24.1 Å². The van der Waals surface area contributed by atoms with Gasteiger partial charge < -0.3 is 19.4 Å². The number of piperazine rings is 1. The van der Waals surface area contributed by atoms with E-state index in [0.29, 0.717) is 12.2 Å². The van der Waals surface area contributed by atoms with Crippen molar-refractivity contribution in [2.75, 3.05) is 44.7 Å². The molecule has 0 saturated carbocycles. The van der Waals surface area contributed by atoms with Crippen molar-refractivity contribution in [3.8, 4) is 23.2 Å². The minimum atomic E-state index is -1.12. The summed E-state index contributed by atoms with van der Waals surface area (Å²) in [7, 11) is 2.01. The maximum Gasteiger partial charge on any atom is 0.319 e. The number of amides is 1. The van der Waals surface area contributed by atoms with Crippen LogP contribution in [-0.4, -0.2) is 77.6 Å². The van der Waals surface area contributed by atoms with E-state index >= 15 is 8.78 Å². The standard InChI is InChI=1S/C31H29F3N6O2S/c1-18(32)30(41)40-13-12-39(16-20(40)8-10-35)29-23-15-24(33)25(22-7-3-5-19-9-14-43-28(19)22)26(34)27(23)36-31(37-29)42-17-21-6-4-11-38(21)2/h3,5,7,9,14-15,20-21H,1,4,6,8,11-13,16-17H2,2H3/t20-,21-/m0/s1. The lowest BCUT2D eigenvalue weighted by Gasteiger charge is -2.41. The highest BCUT2D eigenvalue weighted by Gasteiger charge is 2.34. The Morgan fingerprint density at radius 1 is 1.21 bits per heavy atom. The van der Waals surface area contributed by atoms with E-state index in [1.807, 2.05) is 30.6 Å². The number of thiophene rings is 1. The minimum Gasteiger partial charge on any atom is -0.462 e. The average molecular weight is 607 g/mol. The molecular weight excluding hydrogens is 577 g/mol. The van der Waals surface area contributed by atoms with E-state index in [-0.39, 0.29) is 60.4 Å². The molecule has 4 heterocycles. The van der Waals surface area contributed by atoms with E-state index < -0.39 is 29.4 Å². The van der Waals surface area contributed by atoms with Crippen LogP contribution in [0, 0.1) is 23.0 Å². The third-order valence-corrected chi connectivity index (χ3v) is 9.23. The van der Waals surface area contributed by atoms with Gasteiger partial charge in [-0.2, -0.15) is 15.2 Å². The van der Waals surface area contributed by atoms with Crippen LogP contribution in [0.25, 0.3) is 32.1 Å². The van der Waals surface area contributed by atoms with Crippen LogP contribution in [-0.2, 0) is 4.79 Å². The molecule has 0 aliphatic carbocycles. The van der Waals surface area contributed by atoms with Crippen LogP contribution in [0.5, 0.6) is 6.01 Å². The third kappa shape index (κ3) is 5.39. The van der Waals surface area contributed by atoms with Gasteiger partial charge in [-0.3, -0.25) is 4.79 Å². The van der Waals surface area contributed by atoms with E-state index in [2.05, 4.69) is 21.4 Å². The summed E-state index contributed by atoms with van der Waals surface area (Å²) in [6, 6.07) is 9.90. The van der Waals surface area contributed by atoms with Gasteiger partial charge in [-0.1, -0.05) is 24.8 Å². The highest BCUT2D eigenvalue weighted by molar-refractivity contribution is 7.17. The number of halogens is 3. The summed E-state index contributed by atoms with van der Waals surface area (Å²) in [5.41, 5.74) is 0.135. The van der Waals surface area contributed by atoms with Crippen molar-refractivity contribution in [3.05, 3.63) is 59.8 Å². The minimum absolute atomic E-state index is 0.0546. The molecule has 2 aliphatic heterocycles. The number of hydrogen-bond donors (Lipinski definition) is 0. The Hall–Kier alpha value is -4.21. The molecule has 0 bridgehead atoms. The van der Waals surface area contributed by atoms with Crippen LogP contribution in [0.3, 0.4) is 0 Å². The second-order valence-electron chi connectivity index (χ2n) is 10.9. The monoisotopic (exact) mass is 606 g/mol. The first-order valence-electron chi connectivity index (χ1n) is 14.0. The molecule has 1 amide bonds. The summed E-state index contributed by atoms with van der Waals surface area (Å²) in [4.78, 5) is 26.7. The first-order valence-corrected chi connectivity index (χ1v) is 14.9. The van der Waals surface area contributed by atoms with Crippen molar-refractivity contribution in [3.63, 3.8) is 0 Å². The molecule has 2 atom stereocenters. The van der Waals surface area contributed by atoms with Crippen molar-refractivity contribution < 1.29 is 22.7 Å². The summed E-state index contributed by atoms with van der Waals surface area (Å²) in [5, 5.41) is 12.3. The lowest BCUT2D eigenvalue weighted by atomic mass is 10.0. The van der Waals surface area contributed by atoms with Gasteiger partial charge in [0.2, 0.25) is 0 Å². The average Bonchev–Trinajstić information content (AvgIpc) is 3.65. The van der Waals surface area contributed by atoms with E-state index in [1.54, 1.807) is 17.0 Å². The Labute approximate surface area is 250 Å². The molecule has 2 aromatic heterocycles. The Bertz CT molecular complexity index is 1770. The number of rotatable bonds is 7. The number of carbonyl (C=O) groups is 1. The van der Waals surface area contributed by atoms with Gasteiger partial charge in [-0.15, -0.1) is 11.3 Å². The number of ether oxygens (including phenoxy) is 1. The van der Waals surface area contributed by atoms with Crippen LogP contribution in [0.2, 0.25) is 0 Å². The van der Waals surface area contributed by atoms with Gasteiger partial charge in [-0.05, 0) is 49.3 Å². The maximum absolute atomic E-state index is 16.5. The predicted molar refractivity (Wildman–Crippen MR) is 160 cm³/mol. The first kappa shape index (κ1) is 28.9. The Kier molecular flexibility index (Phi) is 7.94. The van der Waals surface area contributed by atoms with E-state index in [9.17, 15) is 14.4 Å². The summed E-state index contributed by atoms with van der Waals surface area (Å²) in [5.74, 6) is -3.39. The van der Waals surface area contributed by atoms with Gasteiger partial charge in [0, 0.05) is 41.3 Å². The summed E-state index contributed by atoms with van der Waals surface area (Å²) in [6.07, 6.45) is 1.90. The molecule has 0 N–H and O–H groups in total. The molecule has 8 nitrogen and oxygen atoms in total. The van der Waals surface area contributed by atoms with E-state index in [4.69, 9.17) is 4.74 Å². The maximum atomic E-state index is 16.5. The highest BCUT2D eigenvalue weighted by atomic mass is 32.1. The van der Waals surface area contributed by atoms with Gasteiger partial charge in [-0.25, -0.2) is 13.2 Å². The van der Waals surface area contributed by atoms with Gasteiger partial charge in [0.1, 0.15) is 23.8 Å². The van der Waals surface area contributed by atoms with Gasteiger partial charge >= 0.3 is 6.01 Å².